The number of aliphatic hydroxyl groups excluding tert-OH is 2. The number of hydrogen-bond acceptors (Lipinski definition) is 4. The van der Waals surface area contributed by atoms with Crippen LogP contribution in [0.5, 0.6) is 0 Å². The molecule has 18 heavy (non-hydrogen) atoms. The van der Waals surface area contributed by atoms with E-state index in [4.69, 9.17) is 5.11 Å². The van der Waals surface area contributed by atoms with Crippen LogP contribution in [0, 0.1) is 0 Å². The molecule has 0 heterocycles. The largest absolute Gasteiger partial charge is 0.393 e. The van der Waals surface area contributed by atoms with Crippen LogP contribution in [-0.2, 0) is 10.3 Å². The third kappa shape index (κ3) is 2.36. The molecule has 1 fully saturated rings. The molecule has 96 valence electrons. The molecule has 1 aliphatic carbocycles. The Balaban J connectivity index is 2.39. The minimum absolute atomic E-state index is 0.312. The van der Waals surface area contributed by atoms with Crippen LogP contribution in [0.4, 0.5) is 0 Å². The van der Waals surface area contributed by atoms with E-state index in [0.29, 0.717) is 5.56 Å². The van der Waals surface area contributed by atoms with Crippen LogP contribution < -0.4 is 0 Å². The Bertz CT molecular complexity index is 460. The highest BCUT2D eigenvalue weighted by Gasteiger charge is 2.35. The zero-order chi connectivity index (χ0) is 13.0. The van der Waals surface area contributed by atoms with Gasteiger partial charge in [-0.2, -0.15) is 4.99 Å². The van der Waals surface area contributed by atoms with E-state index >= 15 is 0 Å². The molecule has 0 saturated heterocycles. The molecule has 1 saturated carbocycles. The predicted octanol–water partition coefficient (Wildman–Crippen LogP) is 1.82. The van der Waals surface area contributed by atoms with E-state index in [1.807, 2.05) is 18.2 Å². The van der Waals surface area contributed by atoms with Crippen LogP contribution in [0.2, 0.25) is 0 Å². The Morgan fingerprint density at radius 2 is 2.11 bits per heavy atom. The van der Waals surface area contributed by atoms with Crippen LogP contribution in [-0.4, -0.2) is 22.9 Å². The Labute approximate surface area is 106 Å². The number of hydrogen-bond donors (Lipinski definition) is 2. The predicted molar refractivity (Wildman–Crippen MR) is 66.8 cm³/mol. The maximum Gasteiger partial charge on any atom is 0.235 e. The molecular formula is C14H17NO3. The topological polar surface area (TPSA) is 69.9 Å². The molecule has 1 atom stereocenters. The molecule has 0 spiro atoms. The van der Waals surface area contributed by atoms with Crippen molar-refractivity contribution in [2.24, 2.45) is 4.99 Å². The maximum atomic E-state index is 10.6. The summed E-state index contributed by atoms with van der Waals surface area (Å²) in [6.45, 7) is -0.312. The van der Waals surface area contributed by atoms with Crippen molar-refractivity contribution >= 4 is 6.08 Å². The lowest BCUT2D eigenvalue weighted by Gasteiger charge is -2.24. The van der Waals surface area contributed by atoms with Crippen molar-refractivity contribution < 1.29 is 15.0 Å². The number of carbonyl (C=O) groups excluding carboxylic acids is 1. The summed E-state index contributed by atoms with van der Waals surface area (Å²) in [4.78, 5) is 14.6. The van der Waals surface area contributed by atoms with Gasteiger partial charge in [0.2, 0.25) is 6.08 Å². The van der Waals surface area contributed by atoms with E-state index in [2.05, 4.69) is 4.99 Å². The van der Waals surface area contributed by atoms with Crippen LogP contribution >= 0.6 is 0 Å². The first-order valence-electron chi connectivity index (χ1n) is 6.20. The van der Waals surface area contributed by atoms with Crippen molar-refractivity contribution in [3.05, 3.63) is 35.4 Å². The lowest BCUT2D eigenvalue weighted by atomic mass is 9.87. The average molecular weight is 247 g/mol. The highest BCUT2D eigenvalue weighted by Crippen LogP contribution is 2.42. The first kappa shape index (κ1) is 13.0. The zero-order valence-electron chi connectivity index (χ0n) is 10.2. The van der Waals surface area contributed by atoms with Gasteiger partial charge in [0.15, 0.2) is 0 Å². The van der Waals surface area contributed by atoms with E-state index in [9.17, 15) is 9.90 Å². The second kappa shape index (κ2) is 5.44. The summed E-state index contributed by atoms with van der Waals surface area (Å²) in [5.41, 5.74) is 1.10. The molecule has 0 amide bonds. The van der Waals surface area contributed by atoms with Gasteiger partial charge in [-0.1, -0.05) is 37.1 Å². The quantitative estimate of drug-likeness (QED) is 0.629. The Kier molecular flexibility index (Phi) is 3.92. The summed E-state index contributed by atoms with van der Waals surface area (Å²) in [6, 6.07) is 7.33. The standard InChI is InChI=1S/C14H17NO3/c16-9-13(18)11-4-3-5-12(8-11)14(15-10-17)6-1-2-7-14/h3-5,8,13,16,18H,1-2,6-7,9H2. The van der Waals surface area contributed by atoms with Crippen molar-refractivity contribution in [2.45, 2.75) is 37.3 Å². The minimum atomic E-state index is -0.886. The van der Waals surface area contributed by atoms with Crippen LogP contribution in [0.3, 0.4) is 0 Å². The van der Waals surface area contributed by atoms with Crippen molar-refractivity contribution in [3.63, 3.8) is 0 Å². The van der Waals surface area contributed by atoms with Gasteiger partial charge in [0.1, 0.15) is 6.10 Å². The molecule has 0 bridgehead atoms. The summed E-state index contributed by atoms with van der Waals surface area (Å²) in [7, 11) is 0. The van der Waals surface area contributed by atoms with Crippen molar-refractivity contribution in [1.29, 1.82) is 0 Å². The second-order valence-corrected chi connectivity index (χ2v) is 4.77. The molecule has 4 nitrogen and oxygen atoms in total. The van der Waals surface area contributed by atoms with Crippen LogP contribution in [0.15, 0.2) is 29.3 Å². The number of aliphatic imine (C=N–C) groups is 1. The normalized spacial score (nSPS) is 19.2. The van der Waals surface area contributed by atoms with Gasteiger partial charge in [0, 0.05) is 0 Å². The van der Waals surface area contributed by atoms with Gasteiger partial charge in [-0.05, 0) is 24.0 Å². The van der Waals surface area contributed by atoms with Crippen molar-refractivity contribution in [2.75, 3.05) is 6.61 Å². The van der Waals surface area contributed by atoms with Crippen molar-refractivity contribution in [1.82, 2.24) is 0 Å². The Hall–Kier alpha value is -1.48. The third-order valence-electron chi connectivity index (χ3n) is 3.67. The lowest BCUT2D eigenvalue weighted by Crippen LogP contribution is -2.19. The molecule has 0 aromatic heterocycles. The number of rotatable bonds is 4. The highest BCUT2D eigenvalue weighted by molar-refractivity contribution is 5.40. The Morgan fingerprint density at radius 1 is 1.39 bits per heavy atom. The number of nitrogens with zero attached hydrogens (tertiary/aromatic N) is 1. The van der Waals surface area contributed by atoms with E-state index in [-0.39, 0.29) is 6.61 Å². The Morgan fingerprint density at radius 3 is 2.72 bits per heavy atom. The molecular weight excluding hydrogens is 230 g/mol. The summed E-state index contributed by atoms with van der Waals surface area (Å²) >= 11 is 0. The third-order valence-corrected chi connectivity index (χ3v) is 3.67. The van der Waals surface area contributed by atoms with Gasteiger partial charge in [0.25, 0.3) is 0 Å². The maximum absolute atomic E-state index is 10.6. The average Bonchev–Trinajstić information content (AvgIpc) is 2.88. The first-order chi connectivity index (χ1) is 8.72. The summed E-state index contributed by atoms with van der Waals surface area (Å²) in [5, 5.41) is 18.6. The SMILES string of the molecule is O=C=NC1(c2cccc(C(O)CO)c2)CCCC1. The van der Waals surface area contributed by atoms with E-state index < -0.39 is 11.6 Å². The fraction of sp³-hybridized carbons (Fsp3) is 0.500. The summed E-state index contributed by atoms with van der Waals surface area (Å²) in [6.07, 6.45) is 4.54. The molecule has 4 heteroatoms. The molecule has 2 N–H and O–H groups in total. The first-order valence-corrected chi connectivity index (χ1v) is 6.20. The number of benzene rings is 1. The van der Waals surface area contributed by atoms with Gasteiger partial charge < -0.3 is 10.2 Å². The highest BCUT2D eigenvalue weighted by atomic mass is 16.3. The van der Waals surface area contributed by atoms with Gasteiger partial charge >= 0.3 is 0 Å². The molecule has 1 aromatic rings. The van der Waals surface area contributed by atoms with E-state index in [0.717, 1.165) is 31.2 Å². The summed E-state index contributed by atoms with van der Waals surface area (Å²) in [5.74, 6) is 0. The van der Waals surface area contributed by atoms with Gasteiger partial charge in [0.05, 0.1) is 12.1 Å². The minimum Gasteiger partial charge on any atom is -0.393 e. The molecule has 1 aromatic carbocycles. The molecule has 1 unspecified atom stereocenters. The number of aliphatic hydroxyl groups is 2. The zero-order valence-corrected chi connectivity index (χ0v) is 10.2. The van der Waals surface area contributed by atoms with Gasteiger partial charge in [-0.25, -0.2) is 4.79 Å². The fourth-order valence-electron chi connectivity index (χ4n) is 2.65. The molecule has 0 radical (unpaired) electrons. The van der Waals surface area contributed by atoms with E-state index in [1.54, 1.807) is 12.1 Å². The van der Waals surface area contributed by atoms with E-state index in [1.165, 1.54) is 0 Å². The molecule has 1 aliphatic rings. The molecule has 2 rings (SSSR count). The second-order valence-electron chi connectivity index (χ2n) is 4.77. The van der Waals surface area contributed by atoms with Gasteiger partial charge in [-0.3, -0.25) is 0 Å². The smallest absolute Gasteiger partial charge is 0.235 e. The number of isocyanates is 1. The van der Waals surface area contributed by atoms with Gasteiger partial charge in [-0.15, -0.1) is 0 Å². The lowest BCUT2D eigenvalue weighted by molar-refractivity contribution is 0.0955. The van der Waals surface area contributed by atoms with Crippen LogP contribution in [0.1, 0.15) is 42.9 Å². The molecule has 0 aliphatic heterocycles. The monoisotopic (exact) mass is 247 g/mol. The van der Waals surface area contributed by atoms with Crippen molar-refractivity contribution in [3.8, 4) is 0 Å². The summed E-state index contributed by atoms with van der Waals surface area (Å²) < 4.78 is 0. The fourth-order valence-corrected chi connectivity index (χ4v) is 2.65. The van der Waals surface area contributed by atoms with Crippen LogP contribution in [0.25, 0.3) is 0 Å².